The summed E-state index contributed by atoms with van der Waals surface area (Å²) < 4.78 is 12.2. The molecule has 2 heterocycles. The van der Waals surface area contributed by atoms with Crippen molar-refractivity contribution < 1.29 is 19.1 Å². The fraction of sp³-hybridized carbons (Fsp3) is 0.652. The summed E-state index contributed by atoms with van der Waals surface area (Å²) in [6.45, 7) is 0.985. The maximum Gasteiger partial charge on any atom is 0.314 e. The second-order valence-corrected chi connectivity index (χ2v) is 9.48. The topological polar surface area (TPSA) is 55.8 Å². The Morgan fingerprint density at radius 3 is 2.89 bits per heavy atom. The normalized spacial score (nSPS) is 36.2. The van der Waals surface area contributed by atoms with Crippen LogP contribution in [0.4, 0.5) is 0 Å². The Hall–Kier alpha value is -1.88. The Bertz CT molecular complexity index is 874. The van der Waals surface area contributed by atoms with Crippen LogP contribution in [0.25, 0.3) is 0 Å². The number of likely N-dealkylation sites (N-methyl/N-ethyl adjacent to an activating group) is 1. The first-order valence-electron chi connectivity index (χ1n) is 10.9. The lowest BCUT2D eigenvalue weighted by molar-refractivity contribution is -0.139. The van der Waals surface area contributed by atoms with Gasteiger partial charge in [0.1, 0.15) is 0 Å². The first-order valence-corrected chi connectivity index (χ1v) is 10.9. The number of piperidine rings is 1. The van der Waals surface area contributed by atoms with Crippen LogP contribution in [0.3, 0.4) is 0 Å². The highest BCUT2D eigenvalue weighted by Crippen LogP contribution is 2.63. The third kappa shape index (κ3) is 2.06. The minimum Gasteiger partial charge on any atom is -0.477 e. The van der Waals surface area contributed by atoms with Crippen molar-refractivity contribution in [3.63, 3.8) is 0 Å². The summed E-state index contributed by atoms with van der Waals surface area (Å²) in [7, 11) is 2.21. The number of nitrogens with zero attached hydrogens (tertiary/aromatic N) is 1. The van der Waals surface area contributed by atoms with Gasteiger partial charge in [-0.05, 0) is 63.2 Å². The summed E-state index contributed by atoms with van der Waals surface area (Å²) in [5, 5.41) is 0. The van der Waals surface area contributed by atoms with Gasteiger partial charge in [-0.25, -0.2) is 0 Å². The molecule has 1 spiro atoms. The standard InChI is InChI=1S/C23H27NO4/c1-24-11-10-23-15-7-8-17(25)21(23)28-20-18(27-22(26)13-4-2-3-5-13)9-6-14(19(20)23)12-16(15)24/h6,9,13,15-16,21H,2-5,7-8,10-12H2,1H3/t15?,16-,21+,23+/m1/s1. The Labute approximate surface area is 165 Å². The second-order valence-electron chi connectivity index (χ2n) is 9.48. The zero-order valence-corrected chi connectivity index (χ0v) is 16.4. The third-order valence-electron chi connectivity index (χ3n) is 8.27. The molecule has 1 aromatic carbocycles. The van der Waals surface area contributed by atoms with Crippen molar-refractivity contribution in [2.45, 2.75) is 68.9 Å². The molecule has 0 N–H and O–H groups in total. The van der Waals surface area contributed by atoms with Gasteiger partial charge < -0.3 is 14.4 Å². The van der Waals surface area contributed by atoms with Crippen molar-refractivity contribution in [1.82, 2.24) is 4.90 Å². The summed E-state index contributed by atoms with van der Waals surface area (Å²) in [5.41, 5.74) is 2.25. The largest absolute Gasteiger partial charge is 0.477 e. The molecule has 0 aromatic heterocycles. The van der Waals surface area contributed by atoms with Crippen molar-refractivity contribution in [2.24, 2.45) is 11.8 Å². The molecule has 1 saturated heterocycles. The smallest absolute Gasteiger partial charge is 0.314 e. The van der Waals surface area contributed by atoms with Crippen LogP contribution in [-0.4, -0.2) is 42.4 Å². The summed E-state index contributed by atoms with van der Waals surface area (Å²) in [4.78, 5) is 28.0. The van der Waals surface area contributed by atoms with Gasteiger partial charge in [-0.3, -0.25) is 9.59 Å². The number of Topliss-reactive ketones (excluding diaryl/α,β-unsaturated/α-hetero) is 1. The molecule has 2 aliphatic heterocycles. The number of carbonyl (C=O) groups is 2. The number of likely N-dealkylation sites (tertiary alicyclic amines) is 1. The summed E-state index contributed by atoms with van der Waals surface area (Å²) in [6.07, 6.45) is 7.12. The van der Waals surface area contributed by atoms with E-state index in [1.165, 1.54) is 11.1 Å². The van der Waals surface area contributed by atoms with Crippen LogP contribution >= 0.6 is 0 Å². The molecule has 3 aliphatic carbocycles. The number of esters is 1. The first kappa shape index (κ1) is 17.0. The molecule has 148 valence electrons. The van der Waals surface area contributed by atoms with E-state index in [1.54, 1.807) is 0 Å². The molecule has 3 fully saturated rings. The zero-order valence-electron chi connectivity index (χ0n) is 16.4. The predicted molar refractivity (Wildman–Crippen MR) is 103 cm³/mol. The highest BCUT2D eigenvalue weighted by atomic mass is 16.6. The summed E-state index contributed by atoms with van der Waals surface area (Å²) in [5.74, 6) is 1.76. The van der Waals surface area contributed by atoms with E-state index in [1.807, 2.05) is 6.07 Å². The van der Waals surface area contributed by atoms with Crippen molar-refractivity contribution in [1.29, 1.82) is 0 Å². The van der Waals surface area contributed by atoms with E-state index in [0.717, 1.165) is 51.5 Å². The molecule has 5 aliphatic rings. The van der Waals surface area contributed by atoms with Gasteiger partial charge in [-0.15, -0.1) is 0 Å². The van der Waals surface area contributed by atoms with Crippen LogP contribution in [-0.2, 0) is 21.4 Å². The highest BCUT2D eigenvalue weighted by molar-refractivity contribution is 5.89. The Morgan fingerprint density at radius 2 is 2.07 bits per heavy atom. The van der Waals surface area contributed by atoms with Crippen molar-refractivity contribution >= 4 is 11.8 Å². The van der Waals surface area contributed by atoms with E-state index < -0.39 is 6.10 Å². The average molecular weight is 381 g/mol. The van der Waals surface area contributed by atoms with Gasteiger partial charge in [-0.1, -0.05) is 18.9 Å². The van der Waals surface area contributed by atoms with Gasteiger partial charge in [0.15, 0.2) is 23.4 Å². The van der Waals surface area contributed by atoms with Gasteiger partial charge in [0.2, 0.25) is 0 Å². The monoisotopic (exact) mass is 381 g/mol. The highest BCUT2D eigenvalue weighted by Gasteiger charge is 2.65. The van der Waals surface area contributed by atoms with Crippen LogP contribution in [0.15, 0.2) is 12.1 Å². The minimum absolute atomic E-state index is 0.00664. The van der Waals surface area contributed by atoms with Crippen LogP contribution in [0.2, 0.25) is 0 Å². The summed E-state index contributed by atoms with van der Waals surface area (Å²) in [6, 6.07) is 4.49. The van der Waals surface area contributed by atoms with Crippen molar-refractivity contribution in [3.8, 4) is 11.5 Å². The lowest BCUT2D eigenvalue weighted by Crippen LogP contribution is -2.65. The van der Waals surface area contributed by atoms with Crippen LogP contribution in [0.5, 0.6) is 11.5 Å². The molecule has 6 rings (SSSR count). The average Bonchev–Trinajstić information content (AvgIpc) is 3.33. The second kappa shape index (κ2) is 5.82. The molecular formula is C23H27NO4. The van der Waals surface area contributed by atoms with E-state index in [2.05, 4.69) is 18.0 Å². The maximum atomic E-state index is 12.9. The number of rotatable bonds is 2. The molecule has 0 radical (unpaired) electrons. The zero-order chi connectivity index (χ0) is 19.0. The van der Waals surface area contributed by atoms with E-state index in [9.17, 15) is 9.59 Å². The SMILES string of the molecule is CN1CC[C@]23c4c5ccc(OC(=O)C6CCCC6)c4O[C@H]2C(=O)CCC3[C@H]1C5. The third-order valence-corrected chi connectivity index (χ3v) is 8.27. The number of benzene rings is 1. The van der Waals surface area contributed by atoms with Gasteiger partial charge in [-0.2, -0.15) is 0 Å². The molecule has 0 amide bonds. The quantitative estimate of drug-likeness (QED) is 0.582. The Kier molecular flexibility index (Phi) is 3.54. The summed E-state index contributed by atoms with van der Waals surface area (Å²) >= 11 is 0. The molecule has 2 bridgehead atoms. The molecule has 5 nitrogen and oxygen atoms in total. The van der Waals surface area contributed by atoms with Crippen LogP contribution in [0, 0.1) is 11.8 Å². The van der Waals surface area contributed by atoms with Crippen molar-refractivity contribution in [3.05, 3.63) is 23.3 Å². The number of ether oxygens (including phenoxy) is 2. The van der Waals surface area contributed by atoms with Crippen LogP contribution in [0.1, 0.15) is 56.1 Å². The fourth-order valence-electron chi connectivity index (χ4n) is 6.94. The molecule has 4 atom stereocenters. The number of hydrogen-bond acceptors (Lipinski definition) is 5. The molecule has 1 unspecified atom stereocenters. The van der Waals surface area contributed by atoms with Gasteiger partial charge >= 0.3 is 5.97 Å². The van der Waals surface area contributed by atoms with Gasteiger partial charge in [0.05, 0.1) is 5.92 Å². The minimum atomic E-state index is -0.400. The van der Waals surface area contributed by atoms with Crippen molar-refractivity contribution in [2.75, 3.05) is 13.6 Å². The number of carbonyl (C=O) groups excluding carboxylic acids is 2. The Morgan fingerprint density at radius 1 is 1.25 bits per heavy atom. The molecule has 5 heteroatoms. The predicted octanol–water partition coefficient (Wildman–Crippen LogP) is 3.02. The lowest BCUT2D eigenvalue weighted by Gasteiger charge is -2.57. The fourth-order valence-corrected chi connectivity index (χ4v) is 6.94. The molecular weight excluding hydrogens is 354 g/mol. The Balaban J connectivity index is 1.46. The molecule has 1 aromatic rings. The van der Waals surface area contributed by atoms with E-state index in [0.29, 0.717) is 29.9 Å². The number of ketones is 1. The molecule has 2 saturated carbocycles. The number of hydrogen-bond donors (Lipinski definition) is 0. The van der Waals surface area contributed by atoms with E-state index >= 15 is 0 Å². The van der Waals surface area contributed by atoms with Crippen LogP contribution < -0.4 is 9.47 Å². The van der Waals surface area contributed by atoms with E-state index in [-0.39, 0.29) is 23.1 Å². The lowest BCUT2D eigenvalue weighted by atomic mass is 9.52. The van der Waals surface area contributed by atoms with Gasteiger partial charge in [0, 0.05) is 23.4 Å². The van der Waals surface area contributed by atoms with Gasteiger partial charge in [0.25, 0.3) is 0 Å². The first-order chi connectivity index (χ1) is 13.6. The maximum absolute atomic E-state index is 12.9. The molecule has 28 heavy (non-hydrogen) atoms. The van der Waals surface area contributed by atoms with E-state index in [4.69, 9.17) is 9.47 Å².